The summed E-state index contributed by atoms with van der Waals surface area (Å²) < 4.78 is 26.9. The van der Waals surface area contributed by atoms with Gasteiger partial charge in [0.05, 0.1) is 12.0 Å². The van der Waals surface area contributed by atoms with Crippen LogP contribution < -0.4 is 20.5 Å². The summed E-state index contributed by atoms with van der Waals surface area (Å²) in [7, 11) is 0. The third kappa shape index (κ3) is 4.20. The highest BCUT2D eigenvalue weighted by Gasteiger charge is 2.17. The molecule has 0 bridgehead atoms. The van der Waals surface area contributed by atoms with Crippen LogP contribution in [0.15, 0.2) is 67.2 Å². The van der Waals surface area contributed by atoms with Crippen molar-refractivity contribution in [3.05, 3.63) is 74.9 Å². The monoisotopic (exact) mass is 436 g/mol. The molecule has 2 aromatic carbocycles. The van der Waals surface area contributed by atoms with Crippen LogP contribution in [0.25, 0.3) is 21.9 Å². The largest absolute Gasteiger partial charge is 0.479 e. The average Bonchev–Trinajstić information content (AvgIpc) is 2.75. The lowest BCUT2D eigenvalue weighted by Crippen LogP contribution is -2.26. The summed E-state index contributed by atoms with van der Waals surface area (Å²) >= 11 is 0. The second kappa shape index (κ2) is 8.58. The number of benzene rings is 2. The van der Waals surface area contributed by atoms with Gasteiger partial charge in [-0.2, -0.15) is 0 Å². The lowest BCUT2D eigenvalue weighted by atomic mass is 10.1. The Morgan fingerprint density at radius 3 is 2.50 bits per heavy atom. The molecule has 2 aromatic heterocycles. The third-order valence-corrected chi connectivity index (χ3v) is 4.80. The number of carbonyl (C=O) groups excluding carboxylic acids is 1. The summed E-state index contributed by atoms with van der Waals surface area (Å²) in [4.78, 5) is 36.2. The molecule has 0 aliphatic rings. The standard InChI is InChI=1S/C24H20O8/c1-4-28-24(27)14(3)30-15-6-8-18-19(10-15)29-12-21(23(18)26)31-16-5-7-17-13(2)9-22(25)32-20(17)11-16/h5-12,14H,4H2,1-3H3. The van der Waals surface area contributed by atoms with Crippen LogP contribution in [-0.2, 0) is 9.53 Å². The van der Waals surface area contributed by atoms with Crippen molar-refractivity contribution in [2.24, 2.45) is 0 Å². The van der Waals surface area contributed by atoms with Crippen LogP contribution in [0.2, 0.25) is 0 Å². The molecule has 1 atom stereocenters. The van der Waals surface area contributed by atoms with Gasteiger partial charge >= 0.3 is 11.6 Å². The number of ether oxygens (including phenoxy) is 3. The van der Waals surface area contributed by atoms with Gasteiger partial charge in [0.1, 0.15) is 28.9 Å². The molecule has 0 radical (unpaired) electrons. The van der Waals surface area contributed by atoms with E-state index < -0.39 is 17.7 Å². The van der Waals surface area contributed by atoms with E-state index in [1.807, 2.05) is 6.92 Å². The Labute approximate surface area is 181 Å². The van der Waals surface area contributed by atoms with Crippen molar-refractivity contribution in [2.75, 3.05) is 6.61 Å². The number of esters is 1. The number of carbonyl (C=O) groups is 1. The first-order valence-corrected chi connectivity index (χ1v) is 9.97. The molecule has 0 fully saturated rings. The molecule has 4 aromatic rings. The second-order valence-electron chi connectivity index (χ2n) is 7.11. The SMILES string of the molecule is CCOC(=O)C(C)Oc1ccc2c(=O)c(Oc3ccc4c(C)cc(=O)oc4c3)coc2c1. The van der Waals surface area contributed by atoms with Crippen molar-refractivity contribution in [2.45, 2.75) is 26.9 Å². The molecule has 4 rings (SSSR count). The summed E-state index contributed by atoms with van der Waals surface area (Å²) in [5.41, 5.74) is 0.559. The summed E-state index contributed by atoms with van der Waals surface area (Å²) in [5.74, 6) is 0.163. The highest BCUT2D eigenvalue weighted by atomic mass is 16.6. The zero-order valence-corrected chi connectivity index (χ0v) is 17.7. The Hall–Kier alpha value is -4.07. The van der Waals surface area contributed by atoms with Gasteiger partial charge in [-0.1, -0.05) is 0 Å². The number of hydrogen-bond acceptors (Lipinski definition) is 8. The molecule has 0 spiro atoms. The van der Waals surface area contributed by atoms with E-state index in [1.54, 1.807) is 38.1 Å². The molecular formula is C24H20O8. The van der Waals surface area contributed by atoms with Crippen LogP contribution >= 0.6 is 0 Å². The normalized spacial score (nSPS) is 12.0. The fourth-order valence-corrected chi connectivity index (χ4v) is 3.24. The van der Waals surface area contributed by atoms with Crippen molar-refractivity contribution in [1.82, 2.24) is 0 Å². The molecule has 8 nitrogen and oxygen atoms in total. The van der Waals surface area contributed by atoms with Gasteiger partial charge in [-0.25, -0.2) is 9.59 Å². The van der Waals surface area contributed by atoms with Crippen molar-refractivity contribution in [1.29, 1.82) is 0 Å². The first-order valence-electron chi connectivity index (χ1n) is 9.97. The molecule has 164 valence electrons. The quantitative estimate of drug-likeness (QED) is 0.325. The predicted molar refractivity (Wildman–Crippen MR) is 117 cm³/mol. The fraction of sp³-hybridized carbons (Fsp3) is 0.208. The molecular weight excluding hydrogens is 416 g/mol. The first-order chi connectivity index (χ1) is 15.4. The van der Waals surface area contributed by atoms with Gasteiger partial charge in [0, 0.05) is 23.6 Å². The van der Waals surface area contributed by atoms with E-state index in [0.29, 0.717) is 17.1 Å². The van der Waals surface area contributed by atoms with Gasteiger partial charge in [0.15, 0.2) is 6.10 Å². The minimum Gasteiger partial charge on any atom is -0.479 e. The van der Waals surface area contributed by atoms with Crippen LogP contribution in [0.1, 0.15) is 19.4 Å². The fourth-order valence-electron chi connectivity index (χ4n) is 3.24. The molecule has 32 heavy (non-hydrogen) atoms. The zero-order chi connectivity index (χ0) is 22.8. The van der Waals surface area contributed by atoms with Gasteiger partial charge in [-0.15, -0.1) is 0 Å². The topological polar surface area (TPSA) is 105 Å². The van der Waals surface area contributed by atoms with Gasteiger partial charge < -0.3 is 23.0 Å². The maximum absolute atomic E-state index is 12.9. The van der Waals surface area contributed by atoms with E-state index in [-0.39, 0.29) is 28.8 Å². The lowest BCUT2D eigenvalue weighted by Gasteiger charge is -2.13. The molecule has 0 aliphatic carbocycles. The second-order valence-corrected chi connectivity index (χ2v) is 7.11. The van der Waals surface area contributed by atoms with E-state index in [1.165, 1.54) is 24.5 Å². The predicted octanol–water partition coefficient (Wildman–Crippen LogP) is 4.33. The lowest BCUT2D eigenvalue weighted by molar-refractivity contribution is -0.150. The molecule has 0 aliphatic heterocycles. The summed E-state index contributed by atoms with van der Waals surface area (Å²) in [6, 6.07) is 11.0. The summed E-state index contributed by atoms with van der Waals surface area (Å²) in [5, 5.41) is 1.05. The minimum atomic E-state index is -0.807. The van der Waals surface area contributed by atoms with Crippen molar-refractivity contribution < 1.29 is 27.8 Å². The van der Waals surface area contributed by atoms with E-state index >= 15 is 0 Å². The van der Waals surface area contributed by atoms with Crippen LogP contribution in [-0.4, -0.2) is 18.7 Å². The highest BCUT2D eigenvalue weighted by molar-refractivity contribution is 5.82. The Kier molecular flexibility index (Phi) is 5.68. The number of hydrogen-bond donors (Lipinski definition) is 0. The average molecular weight is 436 g/mol. The summed E-state index contributed by atoms with van der Waals surface area (Å²) in [6.07, 6.45) is 0.387. The van der Waals surface area contributed by atoms with Crippen LogP contribution in [0.5, 0.6) is 17.2 Å². The van der Waals surface area contributed by atoms with E-state index in [9.17, 15) is 14.4 Å². The maximum atomic E-state index is 12.9. The minimum absolute atomic E-state index is 0.0274. The molecule has 8 heteroatoms. The third-order valence-electron chi connectivity index (χ3n) is 4.80. The molecule has 1 unspecified atom stereocenters. The Bertz CT molecular complexity index is 1430. The molecule has 0 saturated carbocycles. The summed E-state index contributed by atoms with van der Waals surface area (Å²) in [6.45, 7) is 5.35. The number of fused-ring (bicyclic) bond motifs is 2. The zero-order valence-electron chi connectivity index (χ0n) is 17.7. The van der Waals surface area contributed by atoms with E-state index in [2.05, 4.69) is 0 Å². The Morgan fingerprint density at radius 1 is 1.00 bits per heavy atom. The Morgan fingerprint density at radius 2 is 1.72 bits per heavy atom. The van der Waals surface area contributed by atoms with Gasteiger partial charge in [-0.3, -0.25) is 4.79 Å². The smallest absolute Gasteiger partial charge is 0.347 e. The van der Waals surface area contributed by atoms with Crippen LogP contribution in [0, 0.1) is 6.92 Å². The molecule has 0 saturated heterocycles. The van der Waals surface area contributed by atoms with Crippen LogP contribution in [0.3, 0.4) is 0 Å². The van der Waals surface area contributed by atoms with Gasteiger partial charge in [0.2, 0.25) is 11.2 Å². The number of rotatable bonds is 6. The molecule has 0 N–H and O–H groups in total. The number of aryl methyl sites for hydroxylation is 1. The first kappa shape index (κ1) is 21.2. The maximum Gasteiger partial charge on any atom is 0.347 e. The highest BCUT2D eigenvalue weighted by Crippen LogP contribution is 2.27. The van der Waals surface area contributed by atoms with E-state index in [0.717, 1.165) is 10.9 Å². The van der Waals surface area contributed by atoms with Crippen molar-refractivity contribution >= 4 is 27.9 Å². The van der Waals surface area contributed by atoms with Gasteiger partial charge in [-0.05, 0) is 50.6 Å². The van der Waals surface area contributed by atoms with E-state index in [4.69, 9.17) is 23.0 Å². The molecule has 2 heterocycles. The molecule has 0 amide bonds. The Balaban J connectivity index is 1.61. The van der Waals surface area contributed by atoms with Crippen molar-refractivity contribution in [3.63, 3.8) is 0 Å². The van der Waals surface area contributed by atoms with Gasteiger partial charge in [0.25, 0.3) is 0 Å². The van der Waals surface area contributed by atoms with Crippen LogP contribution in [0.4, 0.5) is 0 Å². The van der Waals surface area contributed by atoms with Crippen molar-refractivity contribution in [3.8, 4) is 17.2 Å².